The Kier molecular flexibility index (Phi) is 5.21. The van der Waals surface area contributed by atoms with E-state index >= 15 is 0 Å². The predicted octanol–water partition coefficient (Wildman–Crippen LogP) is 1.44. The van der Waals surface area contributed by atoms with Crippen LogP contribution in [0, 0.1) is 0 Å². The third-order valence-corrected chi connectivity index (χ3v) is 2.85. The number of thioether (sulfide) groups is 1. The predicted molar refractivity (Wildman–Crippen MR) is 62.4 cm³/mol. The van der Waals surface area contributed by atoms with E-state index in [1.165, 1.54) is 0 Å². The fourth-order valence-electron chi connectivity index (χ4n) is 0.682. The van der Waals surface area contributed by atoms with Crippen molar-refractivity contribution in [2.45, 2.75) is 38.5 Å². The topological polar surface area (TPSA) is 50.4 Å². The van der Waals surface area contributed by atoms with Crippen molar-refractivity contribution in [3.8, 4) is 0 Å². The quantitative estimate of drug-likeness (QED) is 0.537. The van der Waals surface area contributed by atoms with Gasteiger partial charge in [-0.3, -0.25) is 4.99 Å². The number of guanidine groups is 1. The number of aliphatic imine (C=N–C) groups is 1. The summed E-state index contributed by atoms with van der Waals surface area (Å²) in [5, 5.41) is 3.06. The molecule has 0 heterocycles. The number of nitrogens with one attached hydrogen (secondary N) is 1. The van der Waals surface area contributed by atoms with Crippen LogP contribution in [0.2, 0.25) is 0 Å². The minimum Gasteiger partial charge on any atom is -0.370 e. The highest BCUT2D eigenvalue weighted by atomic mass is 32.2. The van der Waals surface area contributed by atoms with Crippen LogP contribution in [0.25, 0.3) is 0 Å². The summed E-state index contributed by atoms with van der Waals surface area (Å²) >= 11 is 1.80. The fraction of sp³-hybridized carbons (Fsp3) is 0.889. The average Bonchev–Trinajstić information content (AvgIpc) is 2.00. The first kappa shape index (κ1) is 12.6. The molecule has 0 aromatic rings. The van der Waals surface area contributed by atoms with Crippen LogP contribution in [0.1, 0.15) is 27.7 Å². The van der Waals surface area contributed by atoms with Crippen molar-refractivity contribution in [2.24, 2.45) is 10.7 Å². The smallest absolute Gasteiger partial charge is 0.188 e. The highest BCUT2D eigenvalue weighted by Gasteiger charge is 2.14. The van der Waals surface area contributed by atoms with E-state index in [0.29, 0.717) is 12.0 Å². The van der Waals surface area contributed by atoms with Crippen molar-refractivity contribution < 1.29 is 0 Å². The van der Waals surface area contributed by atoms with Crippen molar-refractivity contribution in [1.29, 1.82) is 0 Å². The highest BCUT2D eigenvalue weighted by molar-refractivity contribution is 7.99. The summed E-state index contributed by atoms with van der Waals surface area (Å²) in [6, 6.07) is 0.348. The van der Waals surface area contributed by atoms with Crippen LogP contribution in [-0.4, -0.2) is 29.5 Å². The van der Waals surface area contributed by atoms with E-state index in [2.05, 4.69) is 30.4 Å². The van der Waals surface area contributed by atoms with Crippen LogP contribution < -0.4 is 11.1 Å². The molecule has 0 aliphatic carbocycles. The lowest BCUT2D eigenvalue weighted by Crippen LogP contribution is -2.37. The van der Waals surface area contributed by atoms with Crippen LogP contribution in [0.3, 0.4) is 0 Å². The normalized spacial score (nSPS) is 13.5. The molecule has 78 valence electrons. The van der Waals surface area contributed by atoms with Gasteiger partial charge < -0.3 is 11.1 Å². The monoisotopic (exact) mass is 203 g/mol. The second kappa shape index (κ2) is 5.37. The van der Waals surface area contributed by atoms with Gasteiger partial charge in [0.25, 0.3) is 0 Å². The van der Waals surface area contributed by atoms with Gasteiger partial charge in [0, 0.05) is 10.8 Å². The Morgan fingerprint density at radius 1 is 1.54 bits per heavy atom. The minimum absolute atomic E-state index is 0.170. The summed E-state index contributed by atoms with van der Waals surface area (Å²) in [7, 11) is 0. The molecule has 0 unspecified atom stereocenters. The zero-order valence-electron chi connectivity index (χ0n) is 9.22. The fourth-order valence-corrected chi connectivity index (χ4v) is 0.875. The van der Waals surface area contributed by atoms with Gasteiger partial charge in [0.05, 0.1) is 6.54 Å². The maximum atomic E-state index is 5.67. The van der Waals surface area contributed by atoms with E-state index in [4.69, 9.17) is 5.73 Å². The van der Waals surface area contributed by atoms with Gasteiger partial charge in [0.15, 0.2) is 5.96 Å². The summed E-state index contributed by atoms with van der Waals surface area (Å²) < 4.78 is 0.170. The molecule has 3 N–H and O–H groups in total. The van der Waals surface area contributed by atoms with E-state index in [-0.39, 0.29) is 4.75 Å². The van der Waals surface area contributed by atoms with Gasteiger partial charge in [-0.1, -0.05) is 0 Å². The van der Waals surface area contributed by atoms with Crippen LogP contribution in [0.5, 0.6) is 0 Å². The van der Waals surface area contributed by atoms with Gasteiger partial charge in [0.2, 0.25) is 0 Å². The second-order valence-electron chi connectivity index (χ2n) is 3.96. The Bertz CT molecular complexity index is 176. The van der Waals surface area contributed by atoms with E-state index in [0.717, 1.165) is 6.54 Å². The van der Waals surface area contributed by atoms with Crippen LogP contribution >= 0.6 is 11.8 Å². The zero-order valence-corrected chi connectivity index (χ0v) is 10.0. The first-order valence-corrected chi connectivity index (χ1v) is 5.71. The van der Waals surface area contributed by atoms with E-state index in [9.17, 15) is 0 Å². The number of hydrogen-bond acceptors (Lipinski definition) is 2. The van der Waals surface area contributed by atoms with Gasteiger partial charge in [-0.15, -0.1) is 0 Å². The molecule has 0 fully saturated rings. The summed E-state index contributed by atoms with van der Waals surface area (Å²) in [5.41, 5.74) is 5.67. The van der Waals surface area contributed by atoms with Gasteiger partial charge >= 0.3 is 0 Å². The molecule has 0 rings (SSSR count). The Balaban J connectivity index is 3.96. The Morgan fingerprint density at radius 2 is 2.08 bits per heavy atom. The van der Waals surface area contributed by atoms with Gasteiger partial charge in [0.1, 0.15) is 0 Å². The summed E-state index contributed by atoms with van der Waals surface area (Å²) in [5.74, 6) is 0.539. The largest absolute Gasteiger partial charge is 0.370 e. The Hall–Kier alpha value is -0.380. The van der Waals surface area contributed by atoms with Crippen molar-refractivity contribution in [1.82, 2.24) is 5.32 Å². The zero-order chi connectivity index (χ0) is 10.5. The Morgan fingerprint density at radius 3 is 2.46 bits per heavy atom. The molecule has 0 aromatic heterocycles. The molecule has 0 saturated carbocycles. The molecule has 0 atom stereocenters. The minimum atomic E-state index is 0.170. The first-order chi connectivity index (χ1) is 5.87. The van der Waals surface area contributed by atoms with Crippen LogP contribution in [0.15, 0.2) is 4.99 Å². The molecule has 0 spiro atoms. The molecule has 0 aliphatic rings. The molecule has 0 aliphatic heterocycles. The number of hydrogen-bond donors (Lipinski definition) is 2. The first-order valence-electron chi connectivity index (χ1n) is 4.49. The molecule has 0 bridgehead atoms. The number of nitrogens with zero attached hydrogens (tertiary/aromatic N) is 1. The second-order valence-corrected chi connectivity index (χ2v) is 5.48. The SMILES string of the molecule is CSC(C)(C)CN=C(N)NC(C)C. The molecule has 0 saturated heterocycles. The highest BCUT2D eigenvalue weighted by Crippen LogP contribution is 2.20. The molecular weight excluding hydrogens is 182 g/mol. The Labute approximate surface area is 85.6 Å². The summed E-state index contributed by atoms with van der Waals surface area (Å²) in [6.45, 7) is 9.15. The molecule has 0 radical (unpaired) electrons. The lowest BCUT2D eigenvalue weighted by atomic mass is 10.2. The molecule has 3 nitrogen and oxygen atoms in total. The lowest BCUT2D eigenvalue weighted by molar-refractivity contribution is 0.696. The van der Waals surface area contributed by atoms with Gasteiger partial charge in [-0.05, 0) is 34.0 Å². The van der Waals surface area contributed by atoms with E-state index in [1.54, 1.807) is 11.8 Å². The van der Waals surface area contributed by atoms with E-state index < -0.39 is 0 Å². The summed E-state index contributed by atoms with van der Waals surface area (Å²) in [4.78, 5) is 4.27. The standard InChI is InChI=1S/C9H21N3S/c1-7(2)12-8(10)11-6-9(3,4)13-5/h7H,6H2,1-5H3,(H3,10,11,12). The lowest BCUT2D eigenvalue weighted by Gasteiger charge is -2.19. The molecule has 4 heteroatoms. The van der Waals surface area contributed by atoms with Crippen molar-refractivity contribution >= 4 is 17.7 Å². The maximum Gasteiger partial charge on any atom is 0.188 e. The number of rotatable bonds is 4. The summed E-state index contributed by atoms with van der Waals surface area (Å²) in [6.07, 6.45) is 2.08. The molecule has 0 amide bonds. The van der Waals surface area contributed by atoms with Crippen LogP contribution in [-0.2, 0) is 0 Å². The molecular formula is C9H21N3S. The molecule has 13 heavy (non-hydrogen) atoms. The van der Waals surface area contributed by atoms with Crippen LogP contribution in [0.4, 0.5) is 0 Å². The van der Waals surface area contributed by atoms with Crippen molar-refractivity contribution in [3.05, 3.63) is 0 Å². The maximum absolute atomic E-state index is 5.67. The van der Waals surface area contributed by atoms with Crippen molar-refractivity contribution in [3.63, 3.8) is 0 Å². The third kappa shape index (κ3) is 6.75. The van der Waals surface area contributed by atoms with Crippen molar-refractivity contribution in [2.75, 3.05) is 12.8 Å². The number of nitrogens with two attached hydrogens (primary N) is 1. The van der Waals surface area contributed by atoms with Gasteiger partial charge in [-0.25, -0.2) is 0 Å². The van der Waals surface area contributed by atoms with E-state index in [1.807, 2.05) is 13.8 Å². The third-order valence-electron chi connectivity index (χ3n) is 1.62. The molecule has 0 aromatic carbocycles. The van der Waals surface area contributed by atoms with Gasteiger partial charge in [-0.2, -0.15) is 11.8 Å². The average molecular weight is 203 g/mol.